The van der Waals surface area contributed by atoms with Gasteiger partial charge in [0, 0.05) is 41.8 Å². The molecule has 196 valence electrons. The molecule has 0 saturated heterocycles. The number of amides is 1. The molecular weight excluding hydrogens is 562 g/mol. The summed E-state index contributed by atoms with van der Waals surface area (Å²) in [7, 11) is 1.52. The second kappa shape index (κ2) is 11.0. The molecule has 13 heteroatoms. The summed E-state index contributed by atoms with van der Waals surface area (Å²) in [6.07, 6.45) is -1.02. The van der Waals surface area contributed by atoms with Crippen molar-refractivity contribution >= 4 is 33.4 Å². The number of nitriles is 1. The molecule has 0 saturated carbocycles. The molecule has 3 aromatic rings. The van der Waals surface area contributed by atoms with E-state index in [1.165, 1.54) is 26.2 Å². The van der Waals surface area contributed by atoms with Crippen LogP contribution in [-0.2, 0) is 20.9 Å². The van der Waals surface area contributed by atoms with Crippen LogP contribution < -0.4 is 4.74 Å². The van der Waals surface area contributed by atoms with E-state index in [9.17, 15) is 20.2 Å². The average Bonchev–Trinajstić information content (AvgIpc) is 3.53. The molecular formula is C25H22BrN5O7. The van der Waals surface area contributed by atoms with Crippen molar-refractivity contribution in [2.75, 3.05) is 13.7 Å². The molecule has 2 aromatic heterocycles. The minimum Gasteiger partial charge on any atom is -0.467 e. The van der Waals surface area contributed by atoms with Crippen molar-refractivity contribution in [2.45, 2.75) is 33.6 Å². The number of aromatic nitrogens is 1. The molecule has 1 aromatic carbocycles. The smallest absolute Gasteiger partial charge is 0.270 e. The summed E-state index contributed by atoms with van der Waals surface area (Å²) in [5.74, 6) is 0.363. The van der Waals surface area contributed by atoms with Gasteiger partial charge in [0.2, 0.25) is 17.7 Å². The van der Waals surface area contributed by atoms with Gasteiger partial charge in [0.15, 0.2) is 12.4 Å². The fourth-order valence-electron chi connectivity index (χ4n) is 3.82. The SMILES string of the molecule is COCc1c(Br)c(C)nc(OCC2=NN(C(C)=O)C(c3ccc(-c4cc([N+](=O)[O-])ccc4C)o3)O2)c1C#N. The summed E-state index contributed by atoms with van der Waals surface area (Å²) < 4.78 is 23.4. The molecule has 1 unspecified atom stereocenters. The number of nitrogens with zero attached hydrogens (tertiary/aromatic N) is 5. The van der Waals surface area contributed by atoms with E-state index in [1.54, 1.807) is 32.0 Å². The molecule has 1 aliphatic rings. The number of non-ortho nitro benzene ring substituents is 1. The molecule has 1 aliphatic heterocycles. The van der Waals surface area contributed by atoms with Gasteiger partial charge in [-0.25, -0.2) is 4.98 Å². The zero-order valence-electron chi connectivity index (χ0n) is 20.9. The van der Waals surface area contributed by atoms with Crippen molar-refractivity contribution < 1.29 is 28.3 Å². The Morgan fingerprint density at radius 3 is 2.71 bits per heavy atom. The number of aryl methyl sites for hydroxylation is 2. The van der Waals surface area contributed by atoms with Crippen molar-refractivity contribution in [1.82, 2.24) is 9.99 Å². The van der Waals surface area contributed by atoms with E-state index in [-0.39, 0.29) is 42.0 Å². The van der Waals surface area contributed by atoms with Crippen LogP contribution in [0, 0.1) is 35.3 Å². The highest BCUT2D eigenvalue weighted by molar-refractivity contribution is 9.10. The van der Waals surface area contributed by atoms with E-state index in [4.69, 9.17) is 18.6 Å². The number of hydrazone groups is 1. The monoisotopic (exact) mass is 583 g/mol. The normalized spacial score (nSPS) is 14.6. The Bertz CT molecular complexity index is 1490. The second-order valence-electron chi connectivity index (χ2n) is 8.29. The molecule has 0 spiro atoms. The van der Waals surface area contributed by atoms with E-state index < -0.39 is 17.1 Å². The molecule has 4 rings (SSSR count). The number of methoxy groups -OCH3 is 1. The van der Waals surface area contributed by atoms with E-state index in [0.717, 1.165) is 10.6 Å². The maximum Gasteiger partial charge on any atom is 0.270 e. The first-order valence-electron chi connectivity index (χ1n) is 11.2. The van der Waals surface area contributed by atoms with Crippen LogP contribution in [0.25, 0.3) is 11.3 Å². The standard InChI is InChI=1S/C25H22BrN5O7/c1-13-5-6-16(31(33)34)9-17(13)20-7-8-21(37-20)25-30(15(3)32)29-22(38-25)12-36-24-18(10-27)19(11-35-4)23(26)14(2)28-24/h5-9,25H,11-12H2,1-4H3. The highest BCUT2D eigenvalue weighted by Crippen LogP contribution is 2.35. The van der Waals surface area contributed by atoms with Crippen molar-refractivity contribution in [3.05, 3.63) is 73.1 Å². The largest absolute Gasteiger partial charge is 0.467 e. The van der Waals surface area contributed by atoms with Gasteiger partial charge in [-0.1, -0.05) is 6.07 Å². The van der Waals surface area contributed by atoms with Gasteiger partial charge in [-0.05, 0) is 47.5 Å². The first-order valence-corrected chi connectivity index (χ1v) is 12.0. The Morgan fingerprint density at radius 1 is 1.29 bits per heavy atom. The third kappa shape index (κ3) is 5.22. The predicted octanol–water partition coefficient (Wildman–Crippen LogP) is 4.92. The number of ether oxygens (including phenoxy) is 3. The Hall–Kier alpha value is -4.28. The molecule has 0 N–H and O–H groups in total. The van der Waals surface area contributed by atoms with Crippen LogP contribution in [0.1, 0.15) is 41.3 Å². The molecule has 1 amide bonds. The topological polar surface area (TPSA) is 153 Å². The summed E-state index contributed by atoms with van der Waals surface area (Å²) >= 11 is 3.43. The van der Waals surface area contributed by atoms with Crippen LogP contribution in [0.4, 0.5) is 5.69 Å². The van der Waals surface area contributed by atoms with Crippen molar-refractivity contribution in [2.24, 2.45) is 5.10 Å². The number of hydrogen-bond acceptors (Lipinski definition) is 10. The quantitative estimate of drug-likeness (QED) is 0.265. The molecule has 0 aliphatic carbocycles. The Kier molecular flexibility index (Phi) is 7.75. The lowest BCUT2D eigenvalue weighted by atomic mass is 10.1. The van der Waals surface area contributed by atoms with Crippen LogP contribution in [0.15, 0.2) is 44.3 Å². The third-order valence-electron chi connectivity index (χ3n) is 5.68. The van der Waals surface area contributed by atoms with Crippen molar-refractivity contribution in [1.29, 1.82) is 5.26 Å². The lowest BCUT2D eigenvalue weighted by Gasteiger charge is -2.17. The van der Waals surface area contributed by atoms with Gasteiger partial charge in [0.1, 0.15) is 17.4 Å². The summed E-state index contributed by atoms with van der Waals surface area (Å²) in [5, 5.41) is 26.2. The minimum absolute atomic E-state index is 0.0641. The van der Waals surface area contributed by atoms with Gasteiger partial charge in [0.05, 0.1) is 17.2 Å². The van der Waals surface area contributed by atoms with Gasteiger partial charge in [-0.15, -0.1) is 5.10 Å². The average molecular weight is 584 g/mol. The predicted molar refractivity (Wildman–Crippen MR) is 137 cm³/mol. The van der Waals surface area contributed by atoms with Gasteiger partial charge in [-0.2, -0.15) is 10.3 Å². The summed E-state index contributed by atoms with van der Waals surface area (Å²) in [6.45, 7) is 4.84. The third-order valence-corrected chi connectivity index (χ3v) is 6.73. The molecule has 12 nitrogen and oxygen atoms in total. The first kappa shape index (κ1) is 26.8. The molecule has 38 heavy (non-hydrogen) atoms. The van der Waals surface area contributed by atoms with Gasteiger partial charge in [-0.3, -0.25) is 14.9 Å². The maximum absolute atomic E-state index is 12.3. The number of benzene rings is 1. The highest BCUT2D eigenvalue weighted by Gasteiger charge is 2.35. The lowest BCUT2D eigenvalue weighted by molar-refractivity contribution is -0.384. The molecule has 0 fully saturated rings. The second-order valence-corrected chi connectivity index (χ2v) is 9.08. The summed E-state index contributed by atoms with van der Waals surface area (Å²) in [6, 6.07) is 9.81. The molecule has 0 bridgehead atoms. The van der Waals surface area contributed by atoms with E-state index >= 15 is 0 Å². The summed E-state index contributed by atoms with van der Waals surface area (Å²) in [5.41, 5.74) is 2.63. The lowest BCUT2D eigenvalue weighted by Crippen LogP contribution is -2.25. The number of furan rings is 1. The van der Waals surface area contributed by atoms with Gasteiger partial charge >= 0.3 is 0 Å². The van der Waals surface area contributed by atoms with Crippen LogP contribution in [0.5, 0.6) is 5.88 Å². The van der Waals surface area contributed by atoms with Crippen LogP contribution in [0.2, 0.25) is 0 Å². The first-order chi connectivity index (χ1) is 18.1. The van der Waals surface area contributed by atoms with E-state index in [1.807, 2.05) is 0 Å². The number of rotatable bonds is 8. The fourth-order valence-corrected chi connectivity index (χ4v) is 4.22. The number of carbonyl (C=O) groups excluding carboxylic acids is 1. The number of pyridine rings is 1. The Morgan fingerprint density at radius 2 is 2.05 bits per heavy atom. The molecule has 3 heterocycles. The number of hydrogen-bond donors (Lipinski definition) is 0. The van der Waals surface area contributed by atoms with Crippen molar-refractivity contribution in [3.8, 4) is 23.3 Å². The van der Waals surface area contributed by atoms with Gasteiger partial charge in [0.25, 0.3) is 11.9 Å². The minimum atomic E-state index is -1.02. The Balaban J connectivity index is 1.57. The van der Waals surface area contributed by atoms with Crippen LogP contribution >= 0.6 is 15.9 Å². The Labute approximate surface area is 225 Å². The highest BCUT2D eigenvalue weighted by atomic mass is 79.9. The number of nitro groups is 1. The molecule has 1 atom stereocenters. The van der Waals surface area contributed by atoms with E-state index in [2.05, 4.69) is 32.1 Å². The van der Waals surface area contributed by atoms with Gasteiger partial charge < -0.3 is 18.6 Å². The fraction of sp³-hybridized carbons (Fsp3) is 0.280. The summed E-state index contributed by atoms with van der Waals surface area (Å²) in [4.78, 5) is 27.4. The zero-order valence-corrected chi connectivity index (χ0v) is 22.4. The van der Waals surface area contributed by atoms with Crippen LogP contribution in [0.3, 0.4) is 0 Å². The van der Waals surface area contributed by atoms with Crippen LogP contribution in [-0.4, -0.2) is 40.4 Å². The zero-order chi connectivity index (χ0) is 27.6. The maximum atomic E-state index is 12.3. The molecule has 0 radical (unpaired) electrons. The number of carbonyl (C=O) groups is 1. The number of halogens is 1. The van der Waals surface area contributed by atoms with E-state index in [0.29, 0.717) is 27.1 Å². The van der Waals surface area contributed by atoms with Crippen molar-refractivity contribution in [3.63, 3.8) is 0 Å². The number of nitro benzene ring substituents is 1.